The van der Waals surface area contributed by atoms with Crippen molar-refractivity contribution in [2.24, 2.45) is 0 Å². The molecule has 108 valence electrons. The summed E-state index contributed by atoms with van der Waals surface area (Å²) in [5.41, 5.74) is 2.14. The number of hydrogen-bond acceptors (Lipinski definition) is 2. The number of cyclic esters (lactones) is 1. The molecule has 21 heavy (non-hydrogen) atoms. The zero-order valence-electron chi connectivity index (χ0n) is 11.8. The third-order valence-electron chi connectivity index (χ3n) is 4.02. The van der Waals surface area contributed by atoms with Crippen molar-refractivity contribution in [2.45, 2.75) is 31.3 Å². The quantitative estimate of drug-likeness (QED) is 0.761. The molecular formula is C18H17ClO2. The molecule has 1 aliphatic heterocycles. The minimum Gasteiger partial charge on any atom is -0.462 e. The fraction of sp³-hybridized carbons (Fsp3) is 0.278. The summed E-state index contributed by atoms with van der Waals surface area (Å²) in [6, 6.07) is 17.6. The molecule has 2 aromatic carbocycles. The van der Waals surface area contributed by atoms with E-state index >= 15 is 0 Å². The molecule has 2 nitrogen and oxygen atoms in total. The first kappa shape index (κ1) is 14.2. The van der Waals surface area contributed by atoms with Crippen LogP contribution < -0.4 is 0 Å². The topological polar surface area (TPSA) is 26.3 Å². The molecule has 3 rings (SSSR count). The number of esters is 1. The maximum Gasteiger partial charge on any atom is 0.314 e. The van der Waals surface area contributed by atoms with Crippen LogP contribution in [0.15, 0.2) is 54.6 Å². The van der Waals surface area contributed by atoms with Crippen molar-refractivity contribution in [1.29, 1.82) is 0 Å². The standard InChI is InChI=1S/C18H17ClO2/c1-12-11-16(13-7-9-15(19)10-8-13)17(18(20)21-12)14-5-3-2-4-6-14/h2-10,12,16-17H,11H2,1H3/t12-,16-,17-/m1/s1. The zero-order chi connectivity index (χ0) is 14.8. The second-order valence-corrected chi connectivity index (χ2v) is 5.97. The Morgan fingerprint density at radius 3 is 2.33 bits per heavy atom. The molecule has 0 spiro atoms. The van der Waals surface area contributed by atoms with E-state index in [2.05, 4.69) is 0 Å². The van der Waals surface area contributed by atoms with Gasteiger partial charge in [0.15, 0.2) is 0 Å². The van der Waals surface area contributed by atoms with Crippen molar-refractivity contribution in [2.75, 3.05) is 0 Å². The lowest BCUT2D eigenvalue weighted by molar-refractivity contribution is -0.156. The van der Waals surface area contributed by atoms with Crippen LogP contribution in [-0.4, -0.2) is 12.1 Å². The molecule has 0 aliphatic carbocycles. The lowest BCUT2D eigenvalue weighted by Gasteiger charge is -2.34. The van der Waals surface area contributed by atoms with E-state index in [1.807, 2.05) is 61.5 Å². The molecule has 0 unspecified atom stereocenters. The first-order valence-electron chi connectivity index (χ1n) is 7.16. The smallest absolute Gasteiger partial charge is 0.314 e. The molecule has 0 saturated carbocycles. The largest absolute Gasteiger partial charge is 0.462 e. The Balaban J connectivity index is 2.01. The van der Waals surface area contributed by atoms with Gasteiger partial charge in [0.05, 0.1) is 12.0 Å². The SMILES string of the molecule is C[C@@H]1C[C@H](c2ccc(Cl)cc2)[C@@H](c2ccccc2)C(=O)O1. The number of halogens is 1. The van der Waals surface area contributed by atoms with Gasteiger partial charge in [-0.15, -0.1) is 0 Å². The highest BCUT2D eigenvalue weighted by molar-refractivity contribution is 6.30. The molecule has 3 atom stereocenters. The molecule has 3 heteroatoms. The summed E-state index contributed by atoms with van der Waals surface area (Å²) >= 11 is 5.97. The van der Waals surface area contributed by atoms with E-state index in [1.165, 1.54) is 0 Å². The summed E-state index contributed by atoms with van der Waals surface area (Å²) in [5, 5.41) is 0.710. The van der Waals surface area contributed by atoms with Gasteiger partial charge in [0, 0.05) is 10.9 Å². The van der Waals surface area contributed by atoms with Gasteiger partial charge < -0.3 is 4.74 Å². The Morgan fingerprint density at radius 1 is 1.00 bits per heavy atom. The third-order valence-corrected chi connectivity index (χ3v) is 4.27. The molecule has 0 amide bonds. The van der Waals surface area contributed by atoms with Gasteiger partial charge in [-0.05, 0) is 36.6 Å². The number of carbonyl (C=O) groups is 1. The first-order valence-corrected chi connectivity index (χ1v) is 7.54. The molecular weight excluding hydrogens is 284 g/mol. The monoisotopic (exact) mass is 300 g/mol. The third kappa shape index (κ3) is 2.96. The van der Waals surface area contributed by atoms with Crippen LogP contribution in [0.5, 0.6) is 0 Å². The van der Waals surface area contributed by atoms with Crippen molar-refractivity contribution in [3.05, 3.63) is 70.7 Å². The summed E-state index contributed by atoms with van der Waals surface area (Å²) < 4.78 is 5.46. The summed E-state index contributed by atoms with van der Waals surface area (Å²) in [6.07, 6.45) is 0.769. The maximum absolute atomic E-state index is 12.4. The average molecular weight is 301 g/mol. The molecule has 1 fully saturated rings. The lowest BCUT2D eigenvalue weighted by atomic mass is 9.77. The molecule has 0 radical (unpaired) electrons. The lowest BCUT2D eigenvalue weighted by Crippen LogP contribution is -2.34. The van der Waals surface area contributed by atoms with E-state index < -0.39 is 0 Å². The second kappa shape index (κ2) is 5.90. The summed E-state index contributed by atoms with van der Waals surface area (Å²) in [6.45, 7) is 1.95. The molecule has 2 aromatic rings. The maximum atomic E-state index is 12.4. The van der Waals surface area contributed by atoms with Gasteiger partial charge in [0.25, 0.3) is 0 Å². The van der Waals surface area contributed by atoms with E-state index in [1.54, 1.807) is 0 Å². The summed E-state index contributed by atoms with van der Waals surface area (Å²) in [4.78, 5) is 12.4. The van der Waals surface area contributed by atoms with Gasteiger partial charge in [-0.1, -0.05) is 54.1 Å². The number of benzene rings is 2. The number of rotatable bonds is 2. The van der Waals surface area contributed by atoms with E-state index in [0.29, 0.717) is 5.02 Å². The first-order chi connectivity index (χ1) is 10.1. The van der Waals surface area contributed by atoms with E-state index in [9.17, 15) is 4.79 Å². The van der Waals surface area contributed by atoms with Crippen molar-refractivity contribution in [1.82, 2.24) is 0 Å². The van der Waals surface area contributed by atoms with Crippen LogP contribution in [-0.2, 0) is 9.53 Å². The highest BCUT2D eigenvalue weighted by Gasteiger charge is 2.38. The predicted molar refractivity (Wildman–Crippen MR) is 83.5 cm³/mol. The molecule has 0 bridgehead atoms. The molecule has 0 N–H and O–H groups in total. The van der Waals surface area contributed by atoms with Crippen molar-refractivity contribution in [3.8, 4) is 0 Å². The highest BCUT2D eigenvalue weighted by atomic mass is 35.5. The zero-order valence-corrected chi connectivity index (χ0v) is 12.6. The Labute approximate surface area is 129 Å². The van der Waals surface area contributed by atoms with Crippen molar-refractivity contribution >= 4 is 17.6 Å². The van der Waals surface area contributed by atoms with Crippen LogP contribution in [0.3, 0.4) is 0 Å². The minimum absolute atomic E-state index is 0.0573. The van der Waals surface area contributed by atoms with Gasteiger partial charge in [-0.3, -0.25) is 4.79 Å². The van der Waals surface area contributed by atoms with Gasteiger partial charge in [-0.2, -0.15) is 0 Å². The highest BCUT2D eigenvalue weighted by Crippen LogP contribution is 2.41. The van der Waals surface area contributed by atoms with Crippen LogP contribution in [0.1, 0.15) is 36.3 Å². The van der Waals surface area contributed by atoms with Crippen molar-refractivity contribution < 1.29 is 9.53 Å². The average Bonchev–Trinajstić information content (AvgIpc) is 2.48. The second-order valence-electron chi connectivity index (χ2n) is 5.53. The molecule has 1 saturated heterocycles. The van der Waals surface area contributed by atoms with Crippen molar-refractivity contribution in [3.63, 3.8) is 0 Å². The predicted octanol–water partition coefficient (Wildman–Crippen LogP) is 4.54. The van der Waals surface area contributed by atoms with Gasteiger partial charge in [0.2, 0.25) is 0 Å². The van der Waals surface area contributed by atoms with Crippen LogP contribution in [0.25, 0.3) is 0 Å². The summed E-state index contributed by atoms with van der Waals surface area (Å²) in [7, 11) is 0. The Morgan fingerprint density at radius 2 is 1.67 bits per heavy atom. The fourth-order valence-corrected chi connectivity index (χ4v) is 3.17. The molecule has 1 heterocycles. The van der Waals surface area contributed by atoms with E-state index in [-0.39, 0.29) is 23.9 Å². The van der Waals surface area contributed by atoms with E-state index in [0.717, 1.165) is 17.5 Å². The number of ether oxygens (including phenoxy) is 1. The van der Waals surface area contributed by atoms with E-state index in [4.69, 9.17) is 16.3 Å². The Kier molecular flexibility index (Phi) is 3.98. The van der Waals surface area contributed by atoms with Crippen LogP contribution >= 0.6 is 11.6 Å². The molecule has 0 aromatic heterocycles. The van der Waals surface area contributed by atoms with Crippen LogP contribution in [0, 0.1) is 0 Å². The Hall–Kier alpha value is -1.80. The van der Waals surface area contributed by atoms with Crippen LogP contribution in [0.2, 0.25) is 5.02 Å². The van der Waals surface area contributed by atoms with Crippen LogP contribution in [0.4, 0.5) is 0 Å². The number of hydrogen-bond donors (Lipinski definition) is 0. The number of carbonyl (C=O) groups excluding carboxylic acids is 1. The fourth-order valence-electron chi connectivity index (χ4n) is 3.04. The molecule has 1 aliphatic rings. The van der Waals surface area contributed by atoms with Gasteiger partial charge in [-0.25, -0.2) is 0 Å². The minimum atomic E-state index is -0.247. The Bertz CT molecular complexity index is 621. The normalized spacial score (nSPS) is 25.4. The van der Waals surface area contributed by atoms with Gasteiger partial charge >= 0.3 is 5.97 Å². The van der Waals surface area contributed by atoms with Gasteiger partial charge in [0.1, 0.15) is 0 Å². The summed E-state index contributed by atoms with van der Waals surface area (Å²) in [5.74, 6) is -0.260.